The van der Waals surface area contributed by atoms with E-state index in [4.69, 9.17) is 9.72 Å². The van der Waals surface area contributed by atoms with Crippen molar-refractivity contribution in [3.05, 3.63) is 51.1 Å². The van der Waals surface area contributed by atoms with Crippen LogP contribution in [-0.4, -0.2) is 52.4 Å². The lowest BCUT2D eigenvalue weighted by atomic mass is 9.86. The van der Waals surface area contributed by atoms with Gasteiger partial charge in [-0.1, -0.05) is 43.3 Å². The van der Waals surface area contributed by atoms with Gasteiger partial charge >= 0.3 is 0 Å². The van der Waals surface area contributed by atoms with Crippen LogP contribution in [0.3, 0.4) is 0 Å². The zero-order valence-electron chi connectivity index (χ0n) is 18.2. The number of rotatable bonds is 5. The molecule has 1 aliphatic heterocycles. The van der Waals surface area contributed by atoms with Crippen molar-refractivity contribution in [1.29, 1.82) is 0 Å². The summed E-state index contributed by atoms with van der Waals surface area (Å²) in [7, 11) is 0. The number of carbonyl (C=O) groups is 1. The summed E-state index contributed by atoms with van der Waals surface area (Å²) in [5.41, 5.74) is 1.96. The van der Waals surface area contributed by atoms with Crippen molar-refractivity contribution >= 4 is 39.2 Å². The normalized spacial score (nSPS) is 18.7. The van der Waals surface area contributed by atoms with Crippen LogP contribution >= 0.6 is 23.1 Å². The Labute approximate surface area is 195 Å². The van der Waals surface area contributed by atoms with Gasteiger partial charge in [-0.15, -0.1) is 11.3 Å². The number of para-hydroxylation sites is 1. The first kappa shape index (κ1) is 21.7. The highest BCUT2D eigenvalue weighted by molar-refractivity contribution is 7.99. The molecule has 2 aliphatic rings. The molecular weight excluding hydrogens is 442 g/mol. The standard InChI is InChI=1S/C24H27N3O3S2/c1-2-16-8-9-18-19(14-16)32-22-21(18)23(29)27(17-6-4-3-5-7-17)24(25-22)31-15-20(28)26-10-12-30-13-11-26/h3-7,16H,2,8-15H2,1H3/t16-/m1/s1. The van der Waals surface area contributed by atoms with Crippen LogP contribution in [0.4, 0.5) is 0 Å². The van der Waals surface area contributed by atoms with E-state index in [-0.39, 0.29) is 17.2 Å². The molecule has 3 aromatic rings. The average Bonchev–Trinajstić information content (AvgIpc) is 3.21. The fourth-order valence-corrected chi connectivity index (χ4v) is 6.85. The molecule has 1 atom stereocenters. The molecule has 32 heavy (non-hydrogen) atoms. The van der Waals surface area contributed by atoms with E-state index in [1.807, 2.05) is 35.2 Å². The SMILES string of the molecule is CC[C@@H]1CCc2c(sc3nc(SCC(=O)N4CCOCC4)n(-c4ccccc4)c(=O)c23)C1. The van der Waals surface area contributed by atoms with Crippen LogP contribution in [0.15, 0.2) is 40.3 Å². The first-order valence-corrected chi connectivity index (χ1v) is 13.1. The van der Waals surface area contributed by atoms with E-state index in [0.29, 0.717) is 37.4 Å². The quantitative estimate of drug-likeness (QED) is 0.419. The fraction of sp³-hybridized carbons (Fsp3) is 0.458. The van der Waals surface area contributed by atoms with Gasteiger partial charge in [0.15, 0.2) is 5.16 Å². The number of nitrogens with zero attached hydrogens (tertiary/aromatic N) is 3. The summed E-state index contributed by atoms with van der Waals surface area (Å²) in [5.74, 6) is 1.00. The van der Waals surface area contributed by atoms with Gasteiger partial charge in [0.05, 0.1) is 30.0 Å². The number of aryl methyl sites for hydroxylation is 1. The Kier molecular flexibility index (Phi) is 6.35. The van der Waals surface area contributed by atoms with Crippen LogP contribution < -0.4 is 5.56 Å². The third kappa shape index (κ3) is 4.11. The van der Waals surface area contributed by atoms with Gasteiger partial charge in [0, 0.05) is 18.0 Å². The Bertz CT molecular complexity index is 1180. The number of hydrogen-bond donors (Lipinski definition) is 0. The maximum absolute atomic E-state index is 13.8. The van der Waals surface area contributed by atoms with Crippen LogP contribution in [0.5, 0.6) is 0 Å². The van der Waals surface area contributed by atoms with Crippen molar-refractivity contribution in [3.63, 3.8) is 0 Å². The topological polar surface area (TPSA) is 64.4 Å². The molecule has 0 N–H and O–H groups in total. The van der Waals surface area contributed by atoms with Gasteiger partial charge in [-0.3, -0.25) is 14.2 Å². The van der Waals surface area contributed by atoms with Gasteiger partial charge in [-0.25, -0.2) is 4.98 Å². The van der Waals surface area contributed by atoms with Crippen LogP contribution in [0.1, 0.15) is 30.2 Å². The molecule has 6 nitrogen and oxygen atoms in total. The van der Waals surface area contributed by atoms with E-state index in [9.17, 15) is 9.59 Å². The second kappa shape index (κ2) is 9.37. The van der Waals surface area contributed by atoms with E-state index in [2.05, 4.69) is 6.92 Å². The predicted octanol–water partition coefficient (Wildman–Crippen LogP) is 3.91. The number of hydrogen-bond acceptors (Lipinski definition) is 6. The Hall–Kier alpha value is -2.16. The summed E-state index contributed by atoms with van der Waals surface area (Å²) in [4.78, 5) is 35.4. The summed E-state index contributed by atoms with van der Waals surface area (Å²) in [6.45, 7) is 4.63. The van der Waals surface area contributed by atoms with Gasteiger partial charge in [0.25, 0.3) is 5.56 Å². The highest BCUT2D eigenvalue weighted by Gasteiger charge is 2.26. The molecule has 0 saturated carbocycles. The molecule has 1 aromatic carbocycles. The fourth-order valence-electron chi connectivity index (χ4n) is 4.56. The number of aromatic nitrogens is 2. The number of fused-ring (bicyclic) bond motifs is 3. The van der Waals surface area contributed by atoms with Gasteiger partial charge in [0.2, 0.25) is 5.91 Å². The number of benzene rings is 1. The number of amides is 1. The van der Waals surface area contributed by atoms with E-state index in [1.165, 1.54) is 28.6 Å². The molecule has 0 unspecified atom stereocenters. The minimum absolute atomic E-state index is 0.0185. The van der Waals surface area contributed by atoms with Crippen molar-refractivity contribution in [2.75, 3.05) is 32.1 Å². The first-order valence-electron chi connectivity index (χ1n) is 11.3. The van der Waals surface area contributed by atoms with Crippen molar-refractivity contribution in [1.82, 2.24) is 14.5 Å². The van der Waals surface area contributed by atoms with Crippen LogP contribution in [-0.2, 0) is 22.4 Å². The molecule has 5 rings (SSSR count). The zero-order valence-corrected chi connectivity index (χ0v) is 19.8. The molecule has 1 saturated heterocycles. The zero-order chi connectivity index (χ0) is 22.1. The maximum atomic E-state index is 13.8. The van der Waals surface area contributed by atoms with Gasteiger partial charge in [0.1, 0.15) is 4.83 Å². The minimum atomic E-state index is -0.0185. The van der Waals surface area contributed by atoms with E-state index in [1.54, 1.807) is 15.9 Å². The Morgan fingerprint density at radius 2 is 2.03 bits per heavy atom. The smallest absolute Gasteiger partial charge is 0.267 e. The lowest BCUT2D eigenvalue weighted by Gasteiger charge is -2.26. The number of ether oxygens (including phenoxy) is 1. The van der Waals surface area contributed by atoms with Crippen LogP contribution in [0.2, 0.25) is 0 Å². The molecule has 1 amide bonds. The monoisotopic (exact) mass is 469 g/mol. The van der Waals surface area contributed by atoms with Crippen LogP contribution in [0, 0.1) is 5.92 Å². The molecule has 0 radical (unpaired) electrons. The lowest BCUT2D eigenvalue weighted by Crippen LogP contribution is -2.41. The molecule has 0 spiro atoms. The first-order chi connectivity index (χ1) is 15.7. The third-order valence-electron chi connectivity index (χ3n) is 6.43. The lowest BCUT2D eigenvalue weighted by molar-refractivity contribution is -0.132. The Morgan fingerprint density at radius 3 is 2.78 bits per heavy atom. The van der Waals surface area contributed by atoms with Crippen molar-refractivity contribution in [2.45, 2.75) is 37.8 Å². The predicted molar refractivity (Wildman–Crippen MR) is 129 cm³/mol. The van der Waals surface area contributed by atoms with Gasteiger partial charge in [-0.05, 0) is 42.9 Å². The Morgan fingerprint density at radius 1 is 1.25 bits per heavy atom. The number of thiophene rings is 1. The highest BCUT2D eigenvalue weighted by atomic mass is 32.2. The summed E-state index contributed by atoms with van der Waals surface area (Å²) in [5, 5.41) is 1.35. The van der Waals surface area contributed by atoms with Gasteiger partial charge in [-0.2, -0.15) is 0 Å². The molecule has 2 aromatic heterocycles. The number of carbonyl (C=O) groups excluding carboxylic acids is 1. The molecule has 8 heteroatoms. The summed E-state index contributed by atoms with van der Waals surface area (Å²) < 4.78 is 7.04. The molecule has 168 valence electrons. The van der Waals surface area contributed by atoms with Gasteiger partial charge < -0.3 is 9.64 Å². The summed E-state index contributed by atoms with van der Waals surface area (Å²) in [6.07, 6.45) is 4.28. The molecule has 1 fully saturated rings. The minimum Gasteiger partial charge on any atom is -0.378 e. The second-order valence-electron chi connectivity index (χ2n) is 8.35. The summed E-state index contributed by atoms with van der Waals surface area (Å²) >= 11 is 3.01. The third-order valence-corrected chi connectivity index (χ3v) is 8.51. The second-order valence-corrected chi connectivity index (χ2v) is 10.4. The van der Waals surface area contributed by atoms with E-state index in [0.717, 1.165) is 35.2 Å². The van der Waals surface area contributed by atoms with Crippen molar-refractivity contribution < 1.29 is 9.53 Å². The molecular formula is C24H27N3O3S2. The van der Waals surface area contributed by atoms with E-state index < -0.39 is 0 Å². The van der Waals surface area contributed by atoms with Crippen molar-refractivity contribution in [2.24, 2.45) is 5.92 Å². The molecule has 3 heterocycles. The van der Waals surface area contributed by atoms with E-state index >= 15 is 0 Å². The largest absolute Gasteiger partial charge is 0.378 e. The number of thioether (sulfide) groups is 1. The molecule has 1 aliphatic carbocycles. The Balaban J connectivity index is 1.55. The highest BCUT2D eigenvalue weighted by Crippen LogP contribution is 2.37. The van der Waals surface area contributed by atoms with Crippen LogP contribution in [0.25, 0.3) is 15.9 Å². The molecule has 0 bridgehead atoms. The number of morpholine rings is 1. The van der Waals surface area contributed by atoms with Crippen molar-refractivity contribution in [3.8, 4) is 5.69 Å². The summed E-state index contributed by atoms with van der Waals surface area (Å²) in [6, 6.07) is 9.64. The maximum Gasteiger partial charge on any atom is 0.267 e. The average molecular weight is 470 g/mol.